The molecule has 4 heteroatoms. The maximum absolute atomic E-state index is 12.6. The second-order valence-electron chi connectivity index (χ2n) is 6.20. The van der Waals surface area contributed by atoms with E-state index in [1.165, 1.54) is 0 Å². The van der Waals surface area contributed by atoms with Gasteiger partial charge in [0.15, 0.2) is 0 Å². The van der Waals surface area contributed by atoms with Gasteiger partial charge in [0.1, 0.15) is 11.5 Å². The molecule has 2 fully saturated rings. The minimum atomic E-state index is -0.340. The Morgan fingerprint density at radius 3 is 2.90 bits per heavy atom. The average Bonchev–Trinajstić information content (AvgIpc) is 2.51. The van der Waals surface area contributed by atoms with Crippen molar-refractivity contribution in [2.75, 3.05) is 20.7 Å². The number of ketones is 1. The number of ether oxygens (including phenoxy) is 1. The first-order valence-corrected chi connectivity index (χ1v) is 7.48. The predicted octanol–water partition coefficient (Wildman–Crippen LogP) is 2.16. The summed E-state index contributed by atoms with van der Waals surface area (Å²) in [5.74, 6) is 1.15. The number of carbonyl (C=O) groups is 2. The number of Topliss-reactive ketones (excluding diaryl/α,β-unsaturated/α-hetero) is 1. The van der Waals surface area contributed by atoms with Gasteiger partial charge in [0.25, 0.3) is 0 Å². The van der Waals surface area contributed by atoms with Crippen molar-refractivity contribution in [3.63, 3.8) is 0 Å². The molecular weight excluding hydrogens is 266 g/mol. The minimum Gasteiger partial charge on any atom is -0.497 e. The van der Waals surface area contributed by atoms with E-state index in [4.69, 9.17) is 4.74 Å². The molecule has 112 valence electrons. The van der Waals surface area contributed by atoms with Crippen molar-refractivity contribution in [2.45, 2.75) is 31.1 Å². The maximum atomic E-state index is 12.6. The summed E-state index contributed by atoms with van der Waals surface area (Å²) in [4.78, 5) is 26.5. The first kappa shape index (κ1) is 14.1. The van der Waals surface area contributed by atoms with Gasteiger partial charge >= 0.3 is 0 Å². The van der Waals surface area contributed by atoms with Crippen LogP contribution in [-0.4, -0.2) is 37.3 Å². The topological polar surface area (TPSA) is 46.6 Å². The van der Waals surface area contributed by atoms with Gasteiger partial charge in [0.05, 0.1) is 7.11 Å². The van der Waals surface area contributed by atoms with Crippen LogP contribution in [0.5, 0.6) is 5.75 Å². The summed E-state index contributed by atoms with van der Waals surface area (Å²) in [5, 5.41) is 0. The zero-order valence-electron chi connectivity index (χ0n) is 12.6. The third-order valence-electron chi connectivity index (χ3n) is 5.10. The number of hydrogen-bond acceptors (Lipinski definition) is 3. The third-order valence-corrected chi connectivity index (χ3v) is 5.10. The molecule has 0 unspecified atom stereocenters. The van der Waals surface area contributed by atoms with Gasteiger partial charge in [-0.2, -0.15) is 0 Å². The molecule has 0 bridgehead atoms. The SMILES string of the molecule is COc1cccc([C@@]23CCN(C)C(=O)[C@H]2CCC(=O)C3)c1. The highest BCUT2D eigenvalue weighted by Crippen LogP contribution is 2.48. The molecule has 21 heavy (non-hydrogen) atoms. The number of carbonyl (C=O) groups excluding carboxylic acids is 2. The summed E-state index contributed by atoms with van der Waals surface area (Å²) in [7, 11) is 3.49. The van der Waals surface area contributed by atoms with Gasteiger partial charge in [0.2, 0.25) is 5.91 Å². The van der Waals surface area contributed by atoms with Crippen molar-refractivity contribution in [1.29, 1.82) is 0 Å². The molecule has 1 aliphatic heterocycles. The van der Waals surface area contributed by atoms with E-state index in [9.17, 15) is 9.59 Å². The third kappa shape index (κ3) is 2.23. The maximum Gasteiger partial charge on any atom is 0.226 e. The number of piperidine rings is 1. The summed E-state index contributed by atoms with van der Waals surface area (Å²) >= 11 is 0. The van der Waals surface area contributed by atoms with Crippen molar-refractivity contribution < 1.29 is 14.3 Å². The Kier molecular flexibility index (Phi) is 3.47. The average molecular weight is 287 g/mol. The predicted molar refractivity (Wildman–Crippen MR) is 79.3 cm³/mol. The molecule has 0 radical (unpaired) electrons. The molecule has 4 nitrogen and oxygen atoms in total. The number of hydrogen-bond donors (Lipinski definition) is 0. The van der Waals surface area contributed by atoms with E-state index in [1.54, 1.807) is 12.0 Å². The van der Waals surface area contributed by atoms with Gasteiger partial charge in [-0.15, -0.1) is 0 Å². The van der Waals surface area contributed by atoms with Gasteiger partial charge in [0, 0.05) is 37.8 Å². The number of nitrogens with zero attached hydrogens (tertiary/aromatic N) is 1. The Hall–Kier alpha value is -1.84. The van der Waals surface area contributed by atoms with Gasteiger partial charge < -0.3 is 9.64 Å². The minimum absolute atomic E-state index is 0.0824. The molecule has 1 saturated heterocycles. The Balaban J connectivity index is 2.08. The second-order valence-corrected chi connectivity index (χ2v) is 6.20. The highest BCUT2D eigenvalue weighted by molar-refractivity contribution is 5.88. The second kappa shape index (κ2) is 5.17. The normalized spacial score (nSPS) is 29.2. The fourth-order valence-corrected chi connectivity index (χ4v) is 3.89. The lowest BCUT2D eigenvalue weighted by molar-refractivity contribution is -0.145. The summed E-state index contributed by atoms with van der Waals surface area (Å²) in [6.07, 6.45) is 2.51. The lowest BCUT2D eigenvalue weighted by Gasteiger charge is -2.48. The Morgan fingerprint density at radius 2 is 2.14 bits per heavy atom. The van der Waals surface area contributed by atoms with Gasteiger partial charge in [-0.3, -0.25) is 9.59 Å². The van der Waals surface area contributed by atoms with Crippen molar-refractivity contribution in [2.24, 2.45) is 5.92 Å². The Labute approximate surface area is 125 Å². The summed E-state index contributed by atoms with van der Waals surface area (Å²) in [5.41, 5.74) is 0.731. The van der Waals surface area contributed by atoms with E-state index in [0.717, 1.165) is 17.7 Å². The van der Waals surface area contributed by atoms with Crippen LogP contribution in [0.2, 0.25) is 0 Å². The quantitative estimate of drug-likeness (QED) is 0.837. The first-order chi connectivity index (χ1) is 10.1. The fraction of sp³-hybridized carbons (Fsp3) is 0.529. The van der Waals surface area contributed by atoms with Crippen LogP contribution in [0.3, 0.4) is 0 Å². The van der Waals surface area contributed by atoms with Crippen LogP contribution >= 0.6 is 0 Å². The standard InChI is InChI=1S/C17H21NO3/c1-18-9-8-17(12-4-3-5-14(10-12)21-2)11-13(19)6-7-15(17)16(18)20/h3-5,10,15H,6-9,11H2,1-2H3/t15-,17+/m1/s1. The van der Waals surface area contributed by atoms with Crippen LogP contribution in [0.1, 0.15) is 31.2 Å². The van der Waals surface area contributed by atoms with E-state index in [0.29, 0.717) is 25.8 Å². The number of amides is 1. The lowest BCUT2D eigenvalue weighted by atomic mass is 9.58. The number of methoxy groups -OCH3 is 1. The van der Waals surface area contributed by atoms with Crippen LogP contribution in [-0.2, 0) is 15.0 Å². The van der Waals surface area contributed by atoms with Crippen molar-refractivity contribution in [3.8, 4) is 5.75 Å². The van der Waals surface area contributed by atoms with E-state index >= 15 is 0 Å². The van der Waals surface area contributed by atoms with Crippen LogP contribution in [0.4, 0.5) is 0 Å². The zero-order chi connectivity index (χ0) is 15.0. The molecule has 1 heterocycles. The Bertz CT molecular complexity index is 583. The van der Waals surface area contributed by atoms with Crippen molar-refractivity contribution >= 4 is 11.7 Å². The summed E-state index contributed by atoms with van der Waals surface area (Å²) in [6.45, 7) is 0.708. The summed E-state index contributed by atoms with van der Waals surface area (Å²) < 4.78 is 5.32. The number of rotatable bonds is 2. The lowest BCUT2D eigenvalue weighted by Crippen LogP contribution is -2.55. The molecule has 1 aromatic carbocycles. The molecule has 1 amide bonds. The molecule has 0 N–H and O–H groups in total. The Morgan fingerprint density at radius 1 is 1.33 bits per heavy atom. The molecule has 1 aliphatic carbocycles. The fourth-order valence-electron chi connectivity index (χ4n) is 3.89. The van der Waals surface area contributed by atoms with Gasteiger partial charge in [-0.05, 0) is 30.5 Å². The molecule has 1 saturated carbocycles. The molecule has 3 rings (SSSR count). The van der Waals surface area contributed by atoms with Gasteiger partial charge in [-0.25, -0.2) is 0 Å². The van der Waals surface area contributed by atoms with E-state index < -0.39 is 0 Å². The monoisotopic (exact) mass is 287 g/mol. The van der Waals surface area contributed by atoms with Crippen LogP contribution < -0.4 is 4.74 Å². The van der Waals surface area contributed by atoms with E-state index in [1.807, 2.05) is 31.3 Å². The smallest absolute Gasteiger partial charge is 0.226 e. The van der Waals surface area contributed by atoms with Crippen LogP contribution in [0.25, 0.3) is 0 Å². The van der Waals surface area contributed by atoms with Crippen molar-refractivity contribution in [3.05, 3.63) is 29.8 Å². The molecule has 2 aliphatic rings. The number of likely N-dealkylation sites (tertiary alicyclic amines) is 1. The molecule has 2 atom stereocenters. The number of benzene rings is 1. The van der Waals surface area contributed by atoms with Gasteiger partial charge in [-0.1, -0.05) is 12.1 Å². The molecule has 1 aromatic rings. The molecule has 0 spiro atoms. The van der Waals surface area contributed by atoms with Crippen molar-refractivity contribution in [1.82, 2.24) is 4.90 Å². The highest BCUT2D eigenvalue weighted by atomic mass is 16.5. The van der Waals surface area contributed by atoms with E-state index in [-0.39, 0.29) is 23.0 Å². The van der Waals surface area contributed by atoms with Crippen LogP contribution in [0.15, 0.2) is 24.3 Å². The number of fused-ring (bicyclic) bond motifs is 1. The summed E-state index contributed by atoms with van der Waals surface area (Å²) in [6, 6.07) is 7.87. The highest BCUT2D eigenvalue weighted by Gasteiger charge is 2.51. The molecular formula is C17H21NO3. The first-order valence-electron chi connectivity index (χ1n) is 7.48. The largest absolute Gasteiger partial charge is 0.497 e. The van der Waals surface area contributed by atoms with Crippen LogP contribution in [0, 0.1) is 5.92 Å². The molecule has 0 aromatic heterocycles. The van der Waals surface area contributed by atoms with E-state index in [2.05, 4.69) is 0 Å². The zero-order valence-corrected chi connectivity index (χ0v) is 12.6.